The van der Waals surface area contributed by atoms with Crippen LogP contribution in [-0.4, -0.2) is 34.7 Å². The van der Waals surface area contributed by atoms with E-state index in [1.54, 1.807) is 6.07 Å². The van der Waals surface area contributed by atoms with Gasteiger partial charge in [0.25, 0.3) is 5.88 Å². The Morgan fingerprint density at radius 2 is 1.68 bits per heavy atom. The van der Waals surface area contributed by atoms with E-state index in [0.717, 1.165) is 27.9 Å². The highest BCUT2D eigenvalue weighted by molar-refractivity contribution is 5.76. The molecule has 0 fully saturated rings. The lowest BCUT2D eigenvalue weighted by Crippen LogP contribution is -2.12. The third-order valence-corrected chi connectivity index (χ3v) is 4.44. The van der Waals surface area contributed by atoms with Crippen LogP contribution in [0.25, 0.3) is 22.1 Å². The fourth-order valence-corrected chi connectivity index (χ4v) is 3.18. The summed E-state index contributed by atoms with van der Waals surface area (Å²) in [5, 5.41) is 8.08. The number of rotatable bonds is 4. The predicted octanol–water partition coefficient (Wildman–Crippen LogP) is 2.35. The average molecular weight is 372 g/mol. The lowest BCUT2D eigenvalue weighted by atomic mass is 10.3. The minimum atomic E-state index is 0.124. The van der Waals surface area contributed by atoms with Crippen molar-refractivity contribution in [3.8, 4) is 5.88 Å². The first-order chi connectivity index (χ1) is 13.7. The number of aryl methyl sites for hydroxylation is 1. The molecule has 5 aromatic rings. The van der Waals surface area contributed by atoms with Crippen LogP contribution in [0.4, 0.5) is 5.95 Å². The van der Waals surface area contributed by atoms with Gasteiger partial charge < -0.3 is 15.1 Å². The number of nitrogens with two attached hydrogens (primary N) is 1. The van der Waals surface area contributed by atoms with Crippen LogP contribution in [0.3, 0.4) is 0 Å². The fraction of sp³-hybridized carbons (Fsp3) is 0.105. The van der Waals surface area contributed by atoms with E-state index in [1.165, 1.54) is 4.85 Å². The summed E-state index contributed by atoms with van der Waals surface area (Å²) in [6.07, 6.45) is 0. The Morgan fingerprint density at radius 1 is 0.929 bits per heavy atom. The van der Waals surface area contributed by atoms with Gasteiger partial charge in [-0.1, -0.05) is 29.1 Å². The first kappa shape index (κ1) is 16.2. The molecule has 2 N–H and O–H groups in total. The van der Waals surface area contributed by atoms with Crippen LogP contribution >= 0.6 is 0 Å². The second kappa shape index (κ2) is 6.31. The fourth-order valence-electron chi connectivity index (χ4n) is 3.18. The number of imidazole rings is 1. The molecule has 0 amide bonds. The topological polar surface area (TPSA) is 110 Å². The van der Waals surface area contributed by atoms with Gasteiger partial charge in [-0.05, 0) is 36.4 Å². The van der Waals surface area contributed by atoms with Crippen molar-refractivity contribution in [1.29, 1.82) is 0 Å². The zero-order chi connectivity index (χ0) is 19.1. The van der Waals surface area contributed by atoms with Crippen LogP contribution in [-0.2, 0) is 6.54 Å². The van der Waals surface area contributed by atoms with E-state index in [4.69, 9.17) is 10.6 Å². The van der Waals surface area contributed by atoms with Crippen molar-refractivity contribution in [1.82, 2.24) is 34.7 Å². The summed E-state index contributed by atoms with van der Waals surface area (Å²) in [7, 11) is 0. The SMILES string of the molecule is Cc1nc2ccccc2n1Cc1cc(On2nnc3ccccc32)nc(N)n1. The van der Waals surface area contributed by atoms with Crippen LogP contribution in [0.15, 0.2) is 54.6 Å². The number of para-hydroxylation sites is 3. The van der Waals surface area contributed by atoms with Gasteiger partial charge in [-0.25, -0.2) is 9.97 Å². The number of nitrogen functional groups attached to an aromatic ring is 1. The zero-order valence-electron chi connectivity index (χ0n) is 15.0. The Kier molecular flexibility index (Phi) is 3.64. The highest BCUT2D eigenvalue weighted by Gasteiger charge is 2.12. The van der Waals surface area contributed by atoms with Crippen molar-refractivity contribution in [2.75, 3.05) is 5.73 Å². The number of aromatic nitrogens is 7. The molecule has 2 aromatic carbocycles. The maximum atomic E-state index is 5.91. The first-order valence-corrected chi connectivity index (χ1v) is 8.71. The van der Waals surface area contributed by atoms with Crippen molar-refractivity contribution in [2.24, 2.45) is 0 Å². The maximum Gasteiger partial charge on any atom is 0.253 e. The van der Waals surface area contributed by atoms with Crippen LogP contribution in [0.2, 0.25) is 0 Å². The molecular weight excluding hydrogens is 356 g/mol. The van der Waals surface area contributed by atoms with Gasteiger partial charge in [-0.15, -0.1) is 5.10 Å². The molecule has 0 atom stereocenters. The molecule has 3 heterocycles. The standard InChI is InChI=1S/C19H16N8O/c1-12-21-14-6-2-4-8-16(14)26(12)11-13-10-18(23-19(20)22-13)28-27-17-9-5-3-7-15(17)24-25-27/h2-10H,11H2,1H3,(H2,20,22,23). The molecule has 9 heteroatoms. The summed E-state index contributed by atoms with van der Waals surface area (Å²) in [4.78, 5) is 20.2. The molecule has 3 aromatic heterocycles. The minimum absolute atomic E-state index is 0.124. The summed E-state index contributed by atoms with van der Waals surface area (Å²) in [5.74, 6) is 1.31. The number of anilines is 1. The monoisotopic (exact) mass is 372 g/mol. The molecule has 28 heavy (non-hydrogen) atoms. The molecule has 0 saturated heterocycles. The molecule has 5 rings (SSSR count). The minimum Gasteiger partial charge on any atom is -0.368 e. The molecule has 9 nitrogen and oxygen atoms in total. The molecule has 138 valence electrons. The van der Waals surface area contributed by atoms with Crippen molar-refractivity contribution in [3.63, 3.8) is 0 Å². The van der Waals surface area contributed by atoms with Gasteiger partial charge in [0.15, 0.2) is 0 Å². The summed E-state index contributed by atoms with van der Waals surface area (Å²) in [6, 6.07) is 17.2. The maximum absolute atomic E-state index is 5.91. The van der Waals surface area contributed by atoms with Crippen molar-refractivity contribution in [2.45, 2.75) is 13.5 Å². The molecule has 0 unspecified atom stereocenters. The molecule has 0 aliphatic carbocycles. The van der Waals surface area contributed by atoms with E-state index in [0.29, 0.717) is 18.1 Å². The number of hydrogen-bond acceptors (Lipinski definition) is 7. The summed E-state index contributed by atoms with van der Waals surface area (Å²) < 4.78 is 2.08. The smallest absolute Gasteiger partial charge is 0.253 e. The third-order valence-electron chi connectivity index (χ3n) is 4.44. The van der Waals surface area contributed by atoms with Crippen LogP contribution in [0.5, 0.6) is 5.88 Å². The Labute approximate surface area is 159 Å². The Hall–Kier alpha value is -4.01. The highest BCUT2D eigenvalue weighted by Crippen LogP contribution is 2.19. The zero-order valence-corrected chi connectivity index (χ0v) is 15.0. The molecule has 0 aliphatic rings. The molecule has 0 saturated carbocycles. The second-order valence-corrected chi connectivity index (χ2v) is 6.33. The molecule has 0 spiro atoms. The number of fused-ring (bicyclic) bond motifs is 2. The van der Waals surface area contributed by atoms with E-state index in [2.05, 4.69) is 29.8 Å². The lowest BCUT2D eigenvalue weighted by Gasteiger charge is -2.09. The summed E-state index contributed by atoms with van der Waals surface area (Å²) in [6.45, 7) is 2.46. The second-order valence-electron chi connectivity index (χ2n) is 6.33. The molecule has 0 aliphatic heterocycles. The average Bonchev–Trinajstić information content (AvgIpc) is 3.23. The van der Waals surface area contributed by atoms with E-state index in [9.17, 15) is 0 Å². The van der Waals surface area contributed by atoms with Crippen molar-refractivity contribution < 1.29 is 4.84 Å². The van der Waals surface area contributed by atoms with Gasteiger partial charge in [-0.2, -0.15) is 4.98 Å². The predicted molar refractivity (Wildman–Crippen MR) is 104 cm³/mol. The van der Waals surface area contributed by atoms with Gasteiger partial charge >= 0.3 is 0 Å². The number of benzene rings is 2. The molecule has 0 radical (unpaired) electrons. The van der Waals surface area contributed by atoms with Crippen LogP contribution in [0.1, 0.15) is 11.5 Å². The molecular formula is C19H16N8O. The number of nitrogens with zero attached hydrogens (tertiary/aromatic N) is 7. The summed E-state index contributed by atoms with van der Waals surface area (Å²) in [5.41, 5.74) is 10.0. The van der Waals surface area contributed by atoms with Gasteiger partial charge in [0.2, 0.25) is 5.95 Å². The lowest BCUT2D eigenvalue weighted by molar-refractivity contribution is 0.175. The van der Waals surface area contributed by atoms with Gasteiger partial charge in [0.05, 0.1) is 23.3 Å². The first-order valence-electron chi connectivity index (χ1n) is 8.71. The third kappa shape index (κ3) is 2.78. The highest BCUT2D eigenvalue weighted by atomic mass is 16.7. The van der Waals surface area contributed by atoms with Gasteiger partial charge in [0.1, 0.15) is 16.9 Å². The largest absolute Gasteiger partial charge is 0.368 e. The molecule has 0 bridgehead atoms. The Bertz CT molecular complexity index is 1310. The van der Waals surface area contributed by atoms with Crippen LogP contribution in [0, 0.1) is 6.92 Å². The van der Waals surface area contributed by atoms with Crippen molar-refractivity contribution >= 4 is 28.0 Å². The number of hydrogen-bond donors (Lipinski definition) is 1. The van der Waals surface area contributed by atoms with Gasteiger partial charge in [0, 0.05) is 6.07 Å². The van der Waals surface area contributed by atoms with E-state index in [1.807, 2.05) is 55.5 Å². The Balaban J connectivity index is 1.50. The Morgan fingerprint density at radius 3 is 2.54 bits per heavy atom. The normalized spacial score (nSPS) is 11.3. The van der Waals surface area contributed by atoms with E-state index in [-0.39, 0.29) is 5.95 Å². The van der Waals surface area contributed by atoms with E-state index < -0.39 is 0 Å². The van der Waals surface area contributed by atoms with Crippen molar-refractivity contribution in [3.05, 3.63) is 66.1 Å². The van der Waals surface area contributed by atoms with E-state index >= 15 is 0 Å². The quantitative estimate of drug-likeness (QED) is 0.516. The van der Waals surface area contributed by atoms with Gasteiger partial charge in [-0.3, -0.25) is 0 Å². The summed E-state index contributed by atoms with van der Waals surface area (Å²) >= 11 is 0. The van der Waals surface area contributed by atoms with Crippen LogP contribution < -0.4 is 10.6 Å².